The third-order valence-electron chi connectivity index (χ3n) is 2.21. The highest BCUT2D eigenvalue weighted by Gasteiger charge is 2.27. The Labute approximate surface area is 115 Å². The lowest BCUT2D eigenvalue weighted by Crippen LogP contribution is -2.39. The minimum atomic E-state index is -3.70. The SMILES string of the molecule is CCN(CC(=O)N(C)C)S(=O)(=O)c1cnc(Cl)s1. The molecule has 1 rings (SSSR count). The van der Waals surface area contributed by atoms with E-state index in [-0.39, 0.29) is 27.7 Å². The zero-order chi connectivity index (χ0) is 13.9. The van der Waals surface area contributed by atoms with Gasteiger partial charge in [0, 0.05) is 20.6 Å². The van der Waals surface area contributed by atoms with Gasteiger partial charge in [-0.05, 0) is 0 Å². The van der Waals surface area contributed by atoms with Crippen molar-refractivity contribution in [1.29, 1.82) is 0 Å². The van der Waals surface area contributed by atoms with Gasteiger partial charge in [-0.15, -0.1) is 0 Å². The minimum absolute atomic E-state index is 0.0425. The van der Waals surface area contributed by atoms with Crippen molar-refractivity contribution in [2.24, 2.45) is 0 Å². The number of likely N-dealkylation sites (N-methyl/N-ethyl adjacent to an activating group) is 2. The summed E-state index contributed by atoms with van der Waals surface area (Å²) in [6, 6.07) is 0. The topological polar surface area (TPSA) is 70.6 Å². The number of amides is 1. The second kappa shape index (κ2) is 5.96. The number of sulfonamides is 1. The van der Waals surface area contributed by atoms with Crippen molar-refractivity contribution in [2.45, 2.75) is 11.1 Å². The molecule has 0 saturated carbocycles. The first-order chi connectivity index (χ1) is 8.28. The fraction of sp³-hybridized carbons (Fsp3) is 0.556. The maximum atomic E-state index is 12.2. The summed E-state index contributed by atoms with van der Waals surface area (Å²) in [5, 5.41) is 0. The highest BCUT2D eigenvalue weighted by Crippen LogP contribution is 2.25. The average Bonchev–Trinajstić information content (AvgIpc) is 2.72. The number of halogens is 1. The van der Waals surface area contributed by atoms with Crippen LogP contribution < -0.4 is 0 Å². The average molecular weight is 312 g/mol. The van der Waals surface area contributed by atoms with Gasteiger partial charge in [-0.1, -0.05) is 29.9 Å². The van der Waals surface area contributed by atoms with E-state index in [0.29, 0.717) is 0 Å². The summed E-state index contributed by atoms with van der Waals surface area (Å²) in [5.41, 5.74) is 0. The van der Waals surface area contributed by atoms with Crippen LogP contribution in [0, 0.1) is 0 Å². The standard InChI is InChI=1S/C9H14ClN3O3S2/c1-4-13(6-7(14)12(2)3)18(15,16)8-5-11-9(10)17-8/h5H,4,6H2,1-3H3. The quantitative estimate of drug-likeness (QED) is 0.810. The number of nitrogens with zero attached hydrogens (tertiary/aromatic N) is 3. The van der Waals surface area contributed by atoms with E-state index in [9.17, 15) is 13.2 Å². The molecule has 0 spiro atoms. The van der Waals surface area contributed by atoms with E-state index in [2.05, 4.69) is 4.98 Å². The maximum Gasteiger partial charge on any atom is 0.254 e. The Balaban J connectivity index is 2.98. The van der Waals surface area contributed by atoms with Crippen LogP contribution in [0.2, 0.25) is 4.47 Å². The smallest absolute Gasteiger partial charge is 0.254 e. The van der Waals surface area contributed by atoms with E-state index in [4.69, 9.17) is 11.6 Å². The van der Waals surface area contributed by atoms with Crippen LogP contribution in [0.3, 0.4) is 0 Å². The molecule has 1 aromatic rings. The van der Waals surface area contributed by atoms with Crippen LogP contribution in [0.1, 0.15) is 6.92 Å². The van der Waals surface area contributed by atoms with E-state index in [0.717, 1.165) is 15.6 Å². The Morgan fingerprint density at radius 1 is 1.50 bits per heavy atom. The Bertz CT molecular complexity index is 527. The van der Waals surface area contributed by atoms with Crippen LogP contribution in [0.25, 0.3) is 0 Å². The van der Waals surface area contributed by atoms with Crippen molar-refractivity contribution in [3.05, 3.63) is 10.7 Å². The van der Waals surface area contributed by atoms with Gasteiger partial charge in [0.1, 0.15) is 0 Å². The second-order valence-electron chi connectivity index (χ2n) is 3.65. The number of thiazole rings is 1. The van der Waals surface area contributed by atoms with Gasteiger partial charge in [0.2, 0.25) is 5.91 Å². The van der Waals surface area contributed by atoms with E-state index in [1.165, 1.54) is 11.1 Å². The molecule has 1 aromatic heterocycles. The van der Waals surface area contributed by atoms with Gasteiger partial charge in [0.15, 0.2) is 8.68 Å². The van der Waals surface area contributed by atoms with Crippen LogP contribution in [0.15, 0.2) is 10.4 Å². The summed E-state index contributed by atoms with van der Waals surface area (Å²) in [4.78, 5) is 16.6. The lowest BCUT2D eigenvalue weighted by molar-refractivity contribution is -0.128. The van der Waals surface area contributed by atoms with Crippen molar-refractivity contribution in [1.82, 2.24) is 14.2 Å². The Morgan fingerprint density at radius 3 is 2.50 bits per heavy atom. The van der Waals surface area contributed by atoms with Gasteiger partial charge >= 0.3 is 0 Å². The molecule has 18 heavy (non-hydrogen) atoms. The van der Waals surface area contributed by atoms with E-state index < -0.39 is 10.0 Å². The van der Waals surface area contributed by atoms with Gasteiger partial charge in [-0.3, -0.25) is 4.79 Å². The van der Waals surface area contributed by atoms with Gasteiger partial charge in [0.25, 0.3) is 10.0 Å². The summed E-state index contributed by atoms with van der Waals surface area (Å²) >= 11 is 6.49. The van der Waals surface area contributed by atoms with Crippen LogP contribution in [-0.4, -0.2) is 55.7 Å². The number of hydrogen-bond donors (Lipinski definition) is 0. The van der Waals surface area contributed by atoms with E-state index in [1.54, 1.807) is 21.0 Å². The molecule has 0 bridgehead atoms. The van der Waals surface area contributed by atoms with Crippen LogP contribution in [-0.2, 0) is 14.8 Å². The Kier molecular flexibility index (Phi) is 5.09. The van der Waals surface area contributed by atoms with Crippen LogP contribution in [0.5, 0.6) is 0 Å². The first-order valence-corrected chi connectivity index (χ1v) is 7.74. The predicted octanol–water partition coefficient (Wildman–Crippen LogP) is 0.895. The molecule has 0 atom stereocenters. The van der Waals surface area contributed by atoms with Gasteiger partial charge in [-0.25, -0.2) is 13.4 Å². The summed E-state index contributed by atoms with van der Waals surface area (Å²) < 4.78 is 25.7. The molecular formula is C9H14ClN3O3S2. The molecule has 6 nitrogen and oxygen atoms in total. The lowest BCUT2D eigenvalue weighted by Gasteiger charge is -2.20. The number of carbonyl (C=O) groups excluding carboxylic acids is 1. The molecule has 9 heteroatoms. The molecule has 0 fully saturated rings. The predicted molar refractivity (Wildman–Crippen MR) is 70.3 cm³/mol. The molecule has 102 valence electrons. The van der Waals surface area contributed by atoms with Crippen molar-refractivity contribution in [2.75, 3.05) is 27.2 Å². The third kappa shape index (κ3) is 3.41. The van der Waals surface area contributed by atoms with E-state index in [1.807, 2.05) is 0 Å². The first-order valence-electron chi connectivity index (χ1n) is 5.10. The summed E-state index contributed by atoms with van der Waals surface area (Å²) in [5.74, 6) is -0.281. The van der Waals surface area contributed by atoms with Gasteiger partial charge in [0.05, 0.1) is 12.7 Å². The molecule has 1 amide bonds. The largest absolute Gasteiger partial charge is 0.348 e. The first kappa shape index (κ1) is 15.4. The van der Waals surface area contributed by atoms with Gasteiger partial charge < -0.3 is 4.90 Å². The molecule has 0 N–H and O–H groups in total. The molecular weight excluding hydrogens is 298 g/mol. The lowest BCUT2D eigenvalue weighted by atomic mass is 10.5. The highest BCUT2D eigenvalue weighted by atomic mass is 35.5. The molecule has 0 saturated heterocycles. The third-order valence-corrected chi connectivity index (χ3v) is 5.69. The molecule has 0 radical (unpaired) electrons. The van der Waals surface area contributed by atoms with Crippen LogP contribution in [0.4, 0.5) is 0 Å². The van der Waals surface area contributed by atoms with Crippen molar-refractivity contribution < 1.29 is 13.2 Å². The zero-order valence-electron chi connectivity index (χ0n) is 10.3. The number of hydrogen-bond acceptors (Lipinski definition) is 5. The molecule has 0 aromatic carbocycles. The molecule has 1 heterocycles. The maximum absolute atomic E-state index is 12.2. The fourth-order valence-corrected chi connectivity index (χ4v) is 3.99. The number of aromatic nitrogens is 1. The minimum Gasteiger partial charge on any atom is -0.348 e. The second-order valence-corrected chi connectivity index (χ2v) is 7.43. The molecule has 0 aliphatic heterocycles. The molecule has 0 aliphatic rings. The highest BCUT2D eigenvalue weighted by molar-refractivity contribution is 7.91. The fourth-order valence-electron chi connectivity index (χ4n) is 1.14. The Hall–Kier alpha value is -0.700. The summed E-state index contributed by atoms with van der Waals surface area (Å²) in [7, 11) is -0.550. The van der Waals surface area contributed by atoms with Crippen molar-refractivity contribution in [3.63, 3.8) is 0 Å². The van der Waals surface area contributed by atoms with Crippen LogP contribution >= 0.6 is 22.9 Å². The zero-order valence-corrected chi connectivity index (χ0v) is 12.6. The molecule has 0 aliphatic carbocycles. The molecule has 0 unspecified atom stereocenters. The summed E-state index contributed by atoms with van der Waals surface area (Å²) in [6.07, 6.45) is 1.20. The van der Waals surface area contributed by atoms with E-state index >= 15 is 0 Å². The summed E-state index contributed by atoms with van der Waals surface area (Å²) in [6.45, 7) is 1.68. The van der Waals surface area contributed by atoms with Crippen molar-refractivity contribution >= 4 is 38.9 Å². The number of rotatable bonds is 5. The van der Waals surface area contributed by atoms with Crippen molar-refractivity contribution in [3.8, 4) is 0 Å². The monoisotopic (exact) mass is 311 g/mol. The Morgan fingerprint density at radius 2 is 2.11 bits per heavy atom. The number of carbonyl (C=O) groups is 1. The van der Waals surface area contributed by atoms with Gasteiger partial charge in [-0.2, -0.15) is 4.31 Å². The normalized spacial score (nSPS) is 11.8.